The van der Waals surface area contributed by atoms with Crippen molar-refractivity contribution in [2.24, 2.45) is 0 Å². The molecule has 6 nitrogen and oxygen atoms in total. The number of para-hydroxylation sites is 1. The fourth-order valence-corrected chi connectivity index (χ4v) is 3.73. The van der Waals surface area contributed by atoms with E-state index < -0.39 is 0 Å². The highest BCUT2D eigenvalue weighted by Gasteiger charge is 2.32. The first kappa shape index (κ1) is 13.8. The van der Waals surface area contributed by atoms with Gasteiger partial charge < -0.3 is 4.90 Å². The lowest BCUT2D eigenvalue weighted by molar-refractivity contribution is -0.117. The Morgan fingerprint density at radius 3 is 3.00 bits per heavy atom. The molecule has 0 N–H and O–H groups in total. The van der Waals surface area contributed by atoms with Crippen LogP contribution in [0, 0.1) is 0 Å². The third-order valence-corrected chi connectivity index (χ3v) is 5.17. The number of fused-ring (bicyclic) bond motifs is 1. The van der Waals surface area contributed by atoms with Gasteiger partial charge in [-0.1, -0.05) is 30.0 Å². The number of carbonyl (C=O) groups excluding carboxylic acids is 1. The average Bonchev–Trinajstić information content (AvgIpc) is 3.12. The van der Waals surface area contributed by atoms with Gasteiger partial charge in [-0.15, -0.1) is 5.10 Å². The molecule has 0 saturated heterocycles. The first-order chi connectivity index (χ1) is 10.7. The molecule has 1 unspecified atom stereocenters. The Hall–Kier alpha value is -1.89. The zero-order valence-electron chi connectivity index (χ0n) is 12.3. The highest BCUT2D eigenvalue weighted by atomic mass is 32.2. The van der Waals surface area contributed by atoms with Gasteiger partial charge in [-0.25, -0.2) is 4.68 Å². The van der Waals surface area contributed by atoms with E-state index in [1.165, 1.54) is 17.3 Å². The summed E-state index contributed by atoms with van der Waals surface area (Å²) in [5, 5.41) is 12.4. The van der Waals surface area contributed by atoms with Gasteiger partial charge in [0.25, 0.3) is 0 Å². The lowest BCUT2D eigenvalue weighted by atomic mass is 10.2. The van der Waals surface area contributed by atoms with E-state index in [1.807, 2.05) is 34.7 Å². The largest absolute Gasteiger partial charge is 0.311 e. The number of carbonyl (C=O) groups is 1. The average molecular weight is 315 g/mol. The fourth-order valence-electron chi connectivity index (χ4n) is 2.81. The van der Waals surface area contributed by atoms with E-state index in [9.17, 15) is 4.79 Å². The van der Waals surface area contributed by atoms with E-state index in [1.54, 1.807) is 0 Å². The molecule has 1 fully saturated rings. The molecule has 0 bridgehead atoms. The predicted octanol–water partition coefficient (Wildman–Crippen LogP) is 2.08. The zero-order valence-corrected chi connectivity index (χ0v) is 13.2. The first-order valence-electron chi connectivity index (χ1n) is 7.58. The van der Waals surface area contributed by atoms with E-state index in [0.29, 0.717) is 6.04 Å². The number of hydrogen-bond donors (Lipinski definition) is 0. The highest BCUT2D eigenvalue weighted by Crippen LogP contribution is 2.37. The van der Waals surface area contributed by atoms with Crippen LogP contribution in [0.1, 0.15) is 31.4 Å². The number of anilines is 1. The molecule has 1 saturated carbocycles. The van der Waals surface area contributed by atoms with Gasteiger partial charge in [0.15, 0.2) is 0 Å². The maximum atomic E-state index is 12.8. The van der Waals surface area contributed by atoms with Gasteiger partial charge in [-0.2, -0.15) is 0 Å². The van der Waals surface area contributed by atoms with Crippen LogP contribution in [0.3, 0.4) is 0 Å². The molecule has 1 atom stereocenters. The molecule has 1 aliphatic heterocycles. The van der Waals surface area contributed by atoms with Crippen LogP contribution < -0.4 is 4.90 Å². The Morgan fingerprint density at radius 2 is 2.18 bits per heavy atom. The Labute approximate surface area is 132 Å². The molecular weight excluding hydrogens is 298 g/mol. The van der Waals surface area contributed by atoms with Crippen molar-refractivity contribution in [2.75, 3.05) is 11.4 Å². The van der Waals surface area contributed by atoms with Crippen LogP contribution in [0.2, 0.25) is 0 Å². The van der Waals surface area contributed by atoms with E-state index in [0.717, 1.165) is 36.7 Å². The molecule has 1 aromatic carbocycles. The molecule has 1 amide bonds. The van der Waals surface area contributed by atoms with Crippen LogP contribution in [0.5, 0.6) is 0 Å². The Morgan fingerprint density at radius 1 is 1.36 bits per heavy atom. The number of amides is 1. The minimum absolute atomic E-state index is 0.125. The molecule has 22 heavy (non-hydrogen) atoms. The molecule has 7 heteroatoms. The third-order valence-electron chi connectivity index (χ3n) is 4.14. The van der Waals surface area contributed by atoms with E-state index in [2.05, 4.69) is 21.6 Å². The second kappa shape index (κ2) is 5.39. The summed E-state index contributed by atoms with van der Waals surface area (Å²) in [4.78, 5) is 14.6. The molecule has 4 rings (SSSR count). The quantitative estimate of drug-likeness (QED) is 0.808. The summed E-state index contributed by atoms with van der Waals surface area (Å²) in [5.74, 6) is 0.125. The van der Waals surface area contributed by atoms with Crippen LogP contribution in [0.25, 0.3) is 0 Å². The van der Waals surface area contributed by atoms with Crippen molar-refractivity contribution in [2.45, 2.75) is 42.6 Å². The topological polar surface area (TPSA) is 63.9 Å². The van der Waals surface area contributed by atoms with E-state index in [-0.39, 0.29) is 11.2 Å². The van der Waals surface area contributed by atoms with Gasteiger partial charge in [0.1, 0.15) is 0 Å². The molecule has 0 radical (unpaired) electrons. The molecule has 2 aliphatic rings. The van der Waals surface area contributed by atoms with Crippen LogP contribution in [0.15, 0.2) is 29.4 Å². The standard InChI is InChI=1S/C15H17N5OS/c1-10(22-15-16-17-18-20(15)12-6-7-12)14(21)19-9-8-11-4-2-3-5-13(11)19/h2-5,10,12H,6-9H2,1H3. The van der Waals surface area contributed by atoms with Crippen LogP contribution in [0.4, 0.5) is 5.69 Å². The Kier molecular flexibility index (Phi) is 3.37. The lowest BCUT2D eigenvalue weighted by Crippen LogP contribution is -2.35. The molecule has 0 spiro atoms. The van der Waals surface area contributed by atoms with Gasteiger partial charge in [-0.05, 0) is 48.2 Å². The van der Waals surface area contributed by atoms with Crippen LogP contribution in [-0.4, -0.2) is 37.9 Å². The maximum Gasteiger partial charge on any atom is 0.240 e. The Bertz CT molecular complexity index is 711. The minimum atomic E-state index is -0.199. The summed E-state index contributed by atoms with van der Waals surface area (Å²) in [6.07, 6.45) is 3.18. The number of hydrogen-bond acceptors (Lipinski definition) is 5. The summed E-state index contributed by atoms with van der Waals surface area (Å²) in [6, 6.07) is 8.54. The smallest absolute Gasteiger partial charge is 0.240 e. The second-order valence-corrected chi connectivity index (χ2v) is 7.07. The maximum absolute atomic E-state index is 12.8. The van der Waals surface area contributed by atoms with Crippen molar-refractivity contribution >= 4 is 23.4 Å². The Balaban J connectivity index is 1.50. The van der Waals surface area contributed by atoms with Crippen LogP contribution >= 0.6 is 11.8 Å². The summed E-state index contributed by atoms with van der Waals surface area (Å²) in [5.41, 5.74) is 2.29. The number of thioether (sulfide) groups is 1. The van der Waals surface area contributed by atoms with Crippen molar-refractivity contribution in [3.8, 4) is 0 Å². The number of tetrazole rings is 1. The normalized spacial score (nSPS) is 18.3. The number of nitrogens with zero attached hydrogens (tertiary/aromatic N) is 5. The van der Waals surface area contributed by atoms with Gasteiger partial charge in [0.05, 0.1) is 11.3 Å². The van der Waals surface area contributed by atoms with Crippen molar-refractivity contribution in [1.29, 1.82) is 0 Å². The fraction of sp³-hybridized carbons (Fsp3) is 0.467. The van der Waals surface area contributed by atoms with Crippen LogP contribution in [-0.2, 0) is 11.2 Å². The van der Waals surface area contributed by atoms with Gasteiger partial charge >= 0.3 is 0 Å². The lowest BCUT2D eigenvalue weighted by Gasteiger charge is -2.21. The second-order valence-electron chi connectivity index (χ2n) is 5.77. The van der Waals surface area contributed by atoms with Crippen molar-refractivity contribution < 1.29 is 4.79 Å². The zero-order chi connectivity index (χ0) is 15.1. The van der Waals surface area contributed by atoms with Gasteiger partial charge in [0.2, 0.25) is 11.1 Å². The number of benzene rings is 1. The summed E-state index contributed by atoms with van der Waals surface area (Å²) < 4.78 is 1.85. The highest BCUT2D eigenvalue weighted by molar-refractivity contribution is 8.00. The molecule has 114 valence electrons. The molecule has 2 heterocycles. The monoisotopic (exact) mass is 315 g/mol. The first-order valence-corrected chi connectivity index (χ1v) is 8.46. The van der Waals surface area contributed by atoms with Crippen molar-refractivity contribution in [3.63, 3.8) is 0 Å². The molecule has 1 aliphatic carbocycles. The summed E-state index contributed by atoms with van der Waals surface area (Å²) in [6.45, 7) is 2.69. The molecular formula is C15H17N5OS. The van der Waals surface area contributed by atoms with Gasteiger partial charge in [-0.3, -0.25) is 4.79 Å². The van der Waals surface area contributed by atoms with E-state index in [4.69, 9.17) is 0 Å². The van der Waals surface area contributed by atoms with Crippen molar-refractivity contribution in [1.82, 2.24) is 20.2 Å². The number of aromatic nitrogens is 4. The minimum Gasteiger partial charge on any atom is -0.311 e. The van der Waals surface area contributed by atoms with Crippen molar-refractivity contribution in [3.05, 3.63) is 29.8 Å². The predicted molar refractivity (Wildman–Crippen MR) is 83.9 cm³/mol. The number of rotatable bonds is 4. The summed E-state index contributed by atoms with van der Waals surface area (Å²) >= 11 is 1.45. The third kappa shape index (κ3) is 2.39. The van der Waals surface area contributed by atoms with E-state index >= 15 is 0 Å². The molecule has 2 aromatic rings. The van der Waals surface area contributed by atoms with Gasteiger partial charge in [0, 0.05) is 12.2 Å². The summed E-state index contributed by atoms with van der Waals surface area (Å²) in [7, 11) is 0. The SMILES string of the molecule is CC(Sc1nnnn1C1CC1)C(=O)N1CCc2ccccc21. The molecule has 1 aromatic heterocycles.